The van der Waals surface area contributed by atoms with Gasteiger partial charge in [-0.05, 0) is 49.4 Å². The SMILES string of the molecule is CS(=O)(=O)N1CCCc2cc(C(=O)NC3(C(=O)O)CC3)ccc21. The first kappa shape index (κ1) is 15.8. The van der Waals surface area contributed by atoms with E-state index in [1.165, 1.54) is 10.4 Å². The van der Waals surface area contributed by atoms with Crippen LogP contribution in [0.15, 0.2) is 18.2 Å². The lowest BCUT2D eigenvalue weighted by Gasteiger charge is -2.29. The summed E-state index contributed by atoms with van der Waals surface area (Å²) in [6.45, 7) is 0.430. The third-order valence-electron chi connectivity index (χ3n) is 4.33. The Labute approximate surface area is 134 Å². The van der Waals surface area contributed by atoms with Gasteiger partial charge in [0.2, 0.25) is 10.0 Å². The van der Waals surface area contributed by atoms with Crippen molar-refractivity contribution in [2.24, 2.45) is 0 Å². The molecule has 1 aromatic carbocycles. The summed E-state index contributed by atoms with van der Waals surface area (Å²) in [5.74, 6) is -1.46. The van der Waals surface area contributed by atoms with Crippen LogP contribution in [-0.4, -0.2) is 43.7 Å². The number of carboxylic acids is 1. The Hall–Kier alpha value is -2.09. The molecule has 124 valence electrons. The van der Waals surface area contributed by atoms with Gasteiger partial charge in [-0.2, -0.15) is 0 Å². The maximum absolute atomic E-state index is 12.3. The molecule has 1 heterocycles. The van der Waals surface area contributed by atoms with E-state index >= 15 is 0 Å². The quantitative estimate of drug-likeness (QED) is 0.843. The normalized spacial score (nSPS) is 18.9. The molecule has 1 saturated carbocycles. The molecular weight excluding hydrogens is 320 g/mol. The Morgan fingerprint density at radius 1 is 1.30 bits per heavy atom. The molecule has 1 aliphatic heterocycles. The number of anilines is 1. The summed E-state index contributed by atoms with van der Waals surface area (Å²) in [5, 5.41) is 11.7. The van der Waals surface area contributed by atoms with Crippen molar-refractivity contribution in [2.75, 3.05) is 17.1 Å². The van der Waals surface area contributed by atoms with Crippen molar-refractivity contribution >= 4 is 27.6 Å². The maximum atomic E-state index is 12.3. The number of nitrogens with zero attached hydrogens (tertiary/aromatic N) is 1. The lowest BCUT2D eigenvalue weighted by atomic mass is 10.0. The number of carbonyl (C=O) groups is 2. The van der Waals surface area contributed by atoms with Crippen molar-refractivity contribution < 1.29 is 23.1 Å². The van der Waals surface area contributed by atoms with Gasteiger partial charge in [0.15, 0.2) is 0 Å². The summed E-state index contributed by atoms with van der Waals surface area (Å²) >= 11 is 0. The van der Waals surface area contributed by atoms with Crippen LogP contribution in [-0.2, 0) is 21.2 Å². The van der Waals surface area contributed by atoms with Crippen molar-refractivity contribution in [3.63, 3.8) is 0 Å². The number of hydrogen-bond acceptors (Lipinski definition) is 4. The van der Waals surface area contributed by atoms with Crippen LogP contribution in [0, 0.1) is 0 Å². The number of fused-ring (bicyclic) bond motifs is 1. The zero-order valence-electron chi connectivity index (χ0n) is 12.7. The molecule has 2 aliphatic rings. The summed E-state index contributed by atoms with van der Waals surface area (Å²) < 4.78 is 25.0. The second-order valence-electron chi connectivity index (χ2n) is 6.12. The fourth-order valence-corrected chi connectivity index (χ4v) is 3.85. The van der Waals surface area contributed by atoms with Gasteiger partial charge >= 0.3 is 5.97 Å². The highest BCUT2D eigenvalue weighted by Crippen LogP contribution is 2.36. The van der Waals surface area contributed by atoms with Crippen molar-refractivity contribution in [1.82, 2.24) is 5.32 Å². The second-order valence-corrected chi connectivity index (χ2v) is 8.03. The van der Waals surface area contributed by atoms with E-state index in [4.69, 9.17) is 5.11 Å². The molecule has 7 nitrogen and oxygen atoms in total. The maximum Gasteiger partial charge on any atom is 0.329 e. The third kappa shape index (κ3) is 2.90. The average Bonchev–Trinajstić information content (AvgIpc) is 3.26. The van der Waals surface area contributed by atoms with E-state index in [9.17, 15) is 18.0 Å². The summed E-state index contributed by atoms with van der Waals surface area (Å²) in [7, 11) is -3.35. The van der Waals surface area contributed by atoms with Crippen LogP contribution in [0.4, 0.5) is 5.69 Å². The Balaban J connectivity index is 1.87. The van der Waals surface area contributed by atoms with Crippen molar-refractivity contribution in [3.05, 3.63) is 29.3 Å². The van der Waals surface area contributed by atoms with Gasteiger partial charge in [0.25, 0.3) is 5.91 Å². The Morgan fingerprint density at radius 3 is 2.57 bits per heavy atom. The molecule has 0 aromatic heterocycles. The third-order valence-corrected chi connectivity index (χ3v) is 5.51. The van der Waals surface area contributed by atoms with Crippen molar-refractivity contribution in [3.8, 4) is 0 Å². The molecule has 3 rings (SSSR count). The monoisotopic (exact) mass is 338 g/mol. The Kier molecular flexibility index (Phi) is 3.59. The van der Waals surface area contributed by atoms with E-state index in [1.54, 1.807) is 12.1 Å². The highest BCUT2D eigenvalue weighted by Gasteiger charge is 2.51. The predicted octanol–water partition coefficient (Wildman–Crippen LogP) is 0.746. The summed E-state index contributed by atoms with van der Waals surface area (Å²) in [5.41, 5.74) is 0.599. The van der Waals surface area contributed by atoms with E-state index < -0.39 is 27.4 Å². The number of amides is 1. The molecule has 0 bridgehead atoms. The number of carboxylic acid groups (broad SMARTS) is 1. The lowest BCUT2D eigenvalue weighted by Crippen LogP contribution is -2.43. The number of aryl methyl sites for hydroxylation is 1. The van der Waals surface area contributed by atoms with Crippen molar-refractivity contribution in [1.29, 1.82) is 0 Å². The number of nitrogens with one attached hydrogen (secondary N) is 1. The van der Waals surface area contributed by atoms with Gasteiger partial charge in [0.05, 0.1) is 11.9 Å². The van der Waals surface area contributed by atoms with Gasteiger partial charge in [0, 0.05) is 12.1 Å². The molecule has 0 radical (unpaired) electrons. The van der Waals surface area contributed by atoms with Crippen LogP contribution in [0.25, 0.3) is 0 Å². The first-order valence-electron chi connectivity index (χ1n) is 7.39. The van der Waals surface area contributed by atoms with E-state index in [-0.39, 0.29) is 0 Å². The molecular formula is C15H18N2O5S. The molecule has 0 saturated heterocycles. The zero-order valence-corrected chi connectivity index (χ0v) is 13.5. The van der Waals surface area contributed by atoms with E-state index in [1.807, 2.05) is 0 Å². The first-order valence-corrected chi connectivity index (χ1v) is 9.24. The van der Waals surface area contributed by atoms with Crippen LogP contribution in [0.1, 0.15) is 35.2 Å². The topological polar surface area (TPSA) is 104 Å². The van der Waals surface area contributed by atoms with Gasteiger partial charge in [-0.25, -0.2) is 13.2 Å². The number of benzene rings is 1. The molecule has 2 N–H and O–H groups in total. The average molecular weight is 338 g/mol. The Morgan fingerprint density at radius 2 is 2.00 bits per heavy atom. The Bertz CT molecular complexity index is 783. The van der Waals surface area contributed by atoms with Gasteiger partial charge in [0.1, 0.15) is 5.54 Å². The minimum absolute atomic E-state index is 0.353. The fourth-order valence-electron chi connectivity index (χ4n) is 2.86. The highest BCUT2D eigenvalue weighted by molar-refractivity contribution is 7.92. The molecule has 1 aliphatic carbocycles. The van der Waals surface area contributed by atoms with E-state index in [2.05, 4.69) is 5.32 Å². The second kappa shape index (κ2) is 5.23. The molecule has 0 spiro atoms. The summed E-state index contributed by atoms with van der Waals surface area (Å²) in [6.07, 6.45) is 3.39. The first-order chi connectivity index (χ1) is 10.7. The van der Waals surface area contributed by atoms with Gasteiger partial charge in [-0.3, -0.25) is 9.10 Å². The molecule has 1 amide bonds. The standard InChI is InChI=1S/C15H18N2O5S/c1-23(21,22)17-8-2-3-10-9-11(4-5-12(10)17)13(18)16-15(6-7-15)14(19)20/h4-5,9H,2-3,6-8H2,1H3,(H,16,18)(H,19,20). The molecule has 0 unspecified atom stereocenters. The molecule has 1 aromatic rings. The van der Waals surface area contributed by atoms with E-state index in [0.29, 0.717) is 43.5 Å². The van der Waals surface area contributed by atoms with Crippen LogP contribution < -0.4 is 9.62 Å². The number of hydrogen-bond donors (Lipinski definition) is 2. The van der Waals surface area contributed by atoms with Crippen LogP contribution in [0.3, 0.4) is 0 Å². The lowest BCUT2D eigenvalue weighted by molar-refractivity contribution is -0.140. The van der Waals surface area contributed by atoms with Crippen LogP contribution >= 0.6 is 0 Å². The number of rotatable bonds is 4. The minimum atomic E-state index is -3.35. The minimum Gasteiger partial charge on any atom is -0.480 e. The number of aliphatic carboxylic acids is 1. The van der Waals surface area contributed by atoms with Crippen LogP contribution in [0.2, 0.25) is 0 Å². The summed E-state index contributed by atoms with van der Waals surface area (Å²) in [4.78, 5) is 23.4. The molecule has 0 atom stereocenters. The molecule has 23 heavy (non-hydrogen) atoms. The summed E-state index contributed by atoms with van der Waals surface area (Å²) in [6, 6.07) is 4.81. The van der Waals surface area contributed by atoms with Gasteiger partial charge in [-0.1, -0.05) is 0 Å². The molecule has 8 heteroatoms. The molecule has 1 fully saturated rings. The van der Waals surface area contributed by atoms with Crippen molar-refractivity contribution in [2.45, 2.75) is 31.2 Å². The zero-order chi connectivity index (χ0) is 16.8. The number of carbonyl (C=O) groups excluding carboxylic acids is 1. The van der Waals surface area contributed by atoms with Crippen LogP contribution in [0.5, 0.6) is 0 Å². The largest absolute Gasteiger partial charge is 0.480 e. The fraction of sp³-hybridized carbons (Fsp3) is 0.467. The predicted molar refractivity (Wildman–Crippen MR) is 84.0 cm³/mol. The van der Waals surface area contributed by atoms with Gasteiger partial charge < -0.3 is 10.4 Å². The van der Waals surface area contributed by atoms with E-state index in [0.717, 1.165) is 11.8 Å². The highest BCUT2D eigenvalue weighted by atomic mass is 32.2. The number of sulfonamides is 1. The smallest absolute Gasteiger partial charge is 0.329 e. The van der Waals surface area contributed by atoms with Gasteiger partial charge in [-0.15, -0.1) is 0 Å².